The van der Waals surface area contributed by atoms with Crippen molar-refractivity contribution in [3.8, 4) is 5.75 Å². The van der Waals surface area contributed by atoms with Crippen molar-refractivity contribution >= 4 is 22.9 Å². The van der Waals surface area contributed by atoms with Crippen LogP contribution in [0, 0.1) is 6.92 Å². The first-order valence-electron chi connectivity index (χ1n) is 6.02. The second-order valence-electron chi connectivity index (χ2n) is 4.16. The van der Waals surface area contributed by atoms with Crippen LogP contribution in [0.4, 0.5) is 5.69 Å². The van der Waals surface area contributed by atoms with Crippen LogP contribution in [0.5, 0.6) is 5.75 Å². The van der Waals surface area contributed by atoms with Gasteiger partial charge < -0.3 is 10.1 Å². The molecule has 2 rings (SSSR count). The number of nitrogens with one attached hydrogen (secondary N) is 1. The maximum absolute atomic E-state index is 11.8. The highest BCUT2D eigenvalue weighted by atomic mass is 32.1. The van der Waals surface area contributed by atoms with E-state index in [4.69, 9.17) is 4.74 Å². The van der Waals surface area contributed by atoms with Crippen molar-refractivity contribution in [1.29, 1.82) is 0 Å². The number of hydrogen-bond acceptors (Lipinski definition) is 4. The van der Waals surface area contributed by atoms with E-state index in [0.29, 0.717) is 12.8 Å². The van der Waals surface area contributed by atoms with Gasteiger partial charge in [-0.15, -0.1) is 11.3 Å². The molecule has 0 atom stereocenters. The summed E-state index contributed by atoms with van der Waals surface area (Å²) in [6, 6.07) is 7.29. The van der Waals surface area contributed by atoms with Gasteiger partial charge in [0.15, 0.2) is 0 Å². The van der Waals surface area contributed by atoms with Gasteiger partial charge in [0.2, 0.25) is 5.91 Å². The van der Waals surface area contributed by atoms with E-state index in [9.17, 15) is 4.79 Å². The summed E-state index contributed by atoms with van der Waals surface area (Å²) in [6.07, 6.45) is 1.12. The van der Waals surface area contributed by atoms with Crippen LogP contribution < -0.4 is 10.1 Å². The lowest BCUT2D eigenvalue weighted by molar-refractivity contribution is -0.116. The van der Waals surface area contributed by atoms with Crippen molar-refractivity contribution in [1.82, 2.24) is 4.98 Å². The number of anilines is 1. The average molecular weight is 276 g/mol. The zero-order valence-corrected chi connectivity index (χ0v) is 11.8. The van der Waals surface area contributed by atoms with Gasteiger partial charge in [0, 0.05) is 29.6 Å². The maximum Gasteiger partial charge on any atom is 0.224 e. The van der Waals surface area contributed by atoms with E-state index in [-0.39, 0.29) is 5.91 Å². The third-order valence-corrected chi connectivity index (χ3v) is 3.63. The molecule has 0 fully saturated rings. The molecule has 5 heteroatoms. The molecule has 1 amide bonds. The molecular formula is C14H16N2O2S. The standard InChI is InChI=1S/C14H16N2O2S/c1-10-9-19-14(15-10)8-7-13(17)16-11-3-5-12(18-2)6-4-11/h3-6,9H,7-8H2,1-2H3,(H,16,17). The summed E-state index contributed by atoms with van der Waals surface area (Å²) in [5.74, 6) is 0.772. The monoisotopic (exact) mass is 276 g/mol. The van der Waals surface area contributed by atoms with Gasteiger partial charge in [-0.1, -0.05) is 0 Å². The second-order valence-corrected chi connectivity index (χ2v) is 5.10. The number of carbonyl (C=O) groups excluding carboxylic acids is 1. The molecule has 0 bridgehead atoms. The summed E-state index contributed by atoms with van der Waals surface area (Å²) >= 11 is 1.60. The second kappa shape index (κ2) is 6.33. The molecule has 0 aliphatic heterocycles. The molecule has 0 unspecified atom stereocenters. The Morgan fingerprint density at radius 3 is 2.68 bits per heavy atom. The number of thiazole rings is 1. The Morgan fingerprint density at radius 2 is 2.11 bits per heavy atom. The summed E-state index contributed by atoms with van der Waals surface area (Å²) < 4.78 is 5.06. The molecule has 2 aromatic rings. The minimum atomic E-state index is -0.00183. The zero-order valence-electron chi connectivity index (χ0n) is 11.0. The minimum Gasteiger partial charge on any atom is -0.497 e. The highest BCUT2D eigenvalue weighted by Gasteiger charge is 2.05. The van der Waals surface area contributed by atoms with Gasteiger partial charge in [-0.05, 0) is 31.2 Å². The lowest BCUT2D eigenvalue weighted by atomic mass is 10.2. The smallest absolute Gasteiger partial charge is 0.224 e. The fraction of sp³-hybridized carbons (Fsp3) is 0.286. The van der Waals surface area contributed by atoms with Gasteiger partial charge in [-0.25, -0.2) is 4.98 Å². The molecule has 4 nitrogen and oxygen atoms in total. The molecule has 0 aliphatic rings. The van der Waals surface area contributed by atoms with E-state index < -0.39 is 0 Å². The van der Waals surface area contributed by atoms with Crippen LogP contribution in [-0.4, -0.2) is 18.0 Å². The van der Waals surface area contributed by atoms with Gasteiger partial charge in [0.25, 0.3) is 0 Å². The van der Waals surface area contributed by atoms with Crippen molar-refractivity contribution in [3.05, 3.63) is 40.3 Å². The molecule has 0 saturated carbocycles. The van der Waals surface area contributed by atoms with Crippen molar-refractivity contribution in [2.24, 2.45) is 0 Å². The number of aromatic nitrogens is 1. The van der Waals surface area contributed by atoms with Crippen molar-refractivity contribution < 1.29 is 9.53 Å². The van der Waals surface area contributed by atoms with Gasteiger partial charge in [0.1, 0.15) is 5.75 Å². The highest BCUT2D eigenvalue weighted by Crippen LogP contribution is 2.16. The first-order valence-corrected chi connectivity index (χ1v) is 6.90. The van der Waals surface area contributed by atoms with Gasteiger partial charge >= 0.3 is 0 Å². The largest absolute Gasteiger partial charge is 0.497 e. The highest BCUT2D eigenvalue weighted by molar-refractivity contribution is 7.09. The maximum atomic E-state index is 11.8. The number of benzene rings is 1. The number of aryl methyl sites for hydroxylation is 2. The van der Waals surface area contributed by atoms with Crippen molar-refractivity contribution in [2.75, 3.05) is 12.4 Å². The van der Waals surface area contributed by atoms with Crippen LogP contribution in [0.1, 0.15) is 17.1 Å². The molecule has 1 N–H and O–H groups in total. The Kier molecular flexibility index (Phi) is 4.52. The number of rotatable bonds is 5. The lowest BCUT2D eigenvalue weighted by Crippen LogP contribution is -2.12. The fourth-order valence-electron chi connectivity index (χ4n) is 1.64. The number of carbonyl (C=O) groups is 1. The molecule has 100 valence electrons. The Labute approximate surface area is 116 Å². The first-order chi connectivity index (χ1) is 9.17. The molecular weight excluding hydrogens is 260 g/mol. The van der Waals surface area contributed by atoms with Crippen LogP contribution >= 0.6 is 11.3 Å². The molecule has 0 aliphatic carbocycles. The number of hydrogen-bond donors (Lipinski definition) is 1. The Morgan fingerprint density at radius 1 is 1.37 bits per heavy atom. The molecule has 0 radical (unpaired) electrons. The van der Waals surface area contributed by atoms with Gasteiger partial charge in [0.05, 0.1) is 12.1 Å². The fourth-order valence-corrected chi connectivity index (χ4v) is 2.41. The van der Waals surface area contributed by atoms with E-state index in [1.54, 1.807) is 18.4 Å². The molecule has 1 heterocycles. The van der Waals surface area contributed by atoms with Crippen LogP contribution in [-0.2, 0) is 11.2 Å². The van der Waals surface area contributed by atoms with Crippen LogP contribution in [0.15, 0.2) is 29.6 Å². The Hall–Kier alpha value is -1.88. The topological polar surface area (TPSA) is 51.2 Å². The third kappa shape index (κ3) is 4.06. The average Bonchev–Trinajstić information content (AvgIpc) is 2.83. The van der Waals surface area contributed by atoms with E-state index >= 15 is 0 Å². The van der Waals surface area contributed by atoms with E-state index in [1.807, 2.05) is 36.6 Å². The quantitative estimate of drug-likeness (QED) is 0.913. The van der Waals surface area contributed by atoms with E-state index in [1.165, 1.54) is 0 Å². The van der Waals surface area contributed by atoms with E-state index in [0.717, 1.165) is 22.1 Å². The molecule has 0 saturated heterocycles. The van der Waals surface area contributed by atoms with E-state index in [2.05, 4.69) is 10.3 Å². The number of methoxy groups -OCH3 is 1. The molecule has 19 heavy (non-hydrogen) atoms. The predicted octanol–water partition coefficient (Wildman–Crippen LogP) is 3.03. The minimum absolute atomic E-state index is 0.00183. The number of ether oxygens (including phenoxy) is 1. The molecule has 0 spiro atoms. The first kappa shape index (κ1) is 13.5. The summed E-state index contributed by atoms with van der Waals surface area (Å²) in [5.41, 5.74) is 1.79. The lowest BCUT2D eigenvalue weighted by Gasteiger charge is -2.05. The summed E-state index contributed by atoms with van der Waals surface area (Å²) in [5, 5.41) is 5.85. The third-order valence-electron chi connectivity index (χ3n) is 2.61. The van der Waals surface area contributed by atoms with Gasteiger partial charge in [-0.3, -0.25) is 4.79 Å². The predicted molar refractivity (Wildman–Crippen MR) is 76.8 cm³/mol. The summed E-state index contributed by atoms with van der Waals surface area (Å²) in [4.78, 5) is 16.1. The number of nitrogens with zero attached hydrogens (tertiary/aromatic N) is 1. The van der Waals surface area contributed by atoms with Crippen LogP contribution in [0.25, 0.3) is 0 Å². The number of amides is 1. The van der Waals surface area contributed by atoms with Crippen molar-refractivity contribution in [3.63, 3.8) is 0 Å². The molecule has 1 aromatic heterocycles. The molecule has 1 aromatic carbocycles. The van der Waals surface area contributed by atoms with Crippen LogP contribution in [0.3, 0.4) is 0 Å². The summed E-state index contributed by atoms with van der Waals surface area (Å²) in [7, 11) is 1.61. The normalized spacial score (nSPS) is 10.2. The Balaban J connectivity index is 1.83. The summed E-state index contributed by atoms with van der Waals surface area (Å²) in [6.45, 7) is 1.96. The van der Waals surface area contributed by atoms with Crippen LogP contribution in [0.2, 0.25) is 0 Å². The Bertz CT molecular complexity index is 549. The SMILES string of the molecule is COc1ccc(NC(=O)CCc2nc(C)cs2)cc1. The van der Waals surface area contributed by atoms with Gasteiger partial charge in [-0.2, -0.15) is 0 Å². The zero-order chi connectivity index (χ0) is 13.7. The van der Waals surface area contributed by atoms with Crippen molar-refractivity contribution in [2.45, 2.75) is 19.8 Å².